The van der Waals surface area contributed by atoms with E-state index in [9.17, 15) is 14.4 Å². The number of hydrogen-bond donors (Lipinski definition) is 0. The molecule has 6 heteroatoms. The number of hydrogen-bond acceptors (Lipinski definition) is 5. The molecule has 0 N–H and O–H groups in total. The summed E-state index contributed by atoms with van der Waals surface area (Å²) in [5, 5.41) is 0. The second-order valence-corrected chi connectivity index (χ2v) is 3.81. The highest BCUT2D eigenvalue weighted by Gasteiger charge is 2.41. The summed E-state index contributed by atoms with van der Waals surface area (Å²) in [6, 6.07) is -0.832. The number of nitrogens with zero attached hydrogens (tertiary/aromatic N) is 1. The first-order chi connectivity index (χ1) is 8.11. The van der Waals surface area contributed by atoms with Gasteiger partial charge < -0.3 is 9.47 Å². The number of likely N-dealkylation sites (tertiary alicyclic amines) is 1. The van der Waals surface area contributed by atoms with Crippen LogP contribution in [0.5, 0.6) is 0 Å². The molecule has 2 amide bonds. The zero-order valence-electron chi connectivity index (χ0n) is 10.1. The Labute approximate surface area is 99.9 Å². The van der Waals surface area contributed by atoms with Gasteiger partial charge in [0.1, 0.15) is 6.04 Å². The van der Waals surface area contributed by atoms with Gasteiger partial charge in [0.15, 0.2) is 0 Å². The highest BCUT2D eigenvalue weighted by Crippen LogP contribution is 2.20. The molecule has 1 saturated heterocycles. The predicted molar refractivity (Wildman–Crippen MR) is 58.1 cm³/mol. The maximum Gasteiger partial charge on any atom is 0.417 e. The molecule has 1 heterocycles. The molecule has 0 bridgehead atoms. The molecule has 17 heavy (non-hydrogen) atoms. The smallest absolute Gasteiger partial charge is 0.417 e. The van der Waals surface area contributed by atoms with Gasteiger partial charge in [-0.1, -0.05) is 13.3 Å². The van der Waals surface area contributed by atoms with E-state index in [4.69, 9.17) is 4.74 Å². The largest absolute Gasteiger partial charge is 0.467 e. The average molecular weight is 243 g/mol. The summed E-state index contributed by atoms with van der Waals surface area (Å²) in [7, 11) is 1.23. The number of rotatable bonds is 4. The van der Waals surface area contributed by atoms with Crippen LogP contribution in [0.15, 0.2) is 0 Å². The molecule has 0 aromatic carbocycles. The first kappa shape index (κ1) is 13.5. The number of esters is 1. The Morgan fingerprint density at radius 1 is 1.47 bits per heavy atom. The lowest BCUT2D eigenvalue weighted by Crippen LogP contribution is -2.43. The van der Waals surface area contributed by atoms with Crippen LogP contribution in [0.25, 0.3) is 0 Å². The molecular weight excluding hydrogens is 226 g/mol. The third-order valence-corrected chi connectivity index (χ3v) is 2.61. The Kier molecular flexibility index (Phi) is 4.93. The topological polar surface area (TPSA) is 72.9 Å². The number of methoxy groups -OCH3 is 1. The zero-order valence-corrected chi connectivity index (χ0v) is 10.1. The molecule has 6 nitrogen and oxygen atoms in total. The Morgan fingerprint density at radius 2 is 2.18 bits per heavy atom. The van der Waals surface area contributed by atoms with Crippen molar-refractivity contribution in [2.24, 2.45) is 0 Å². The van der Waals surface area contributed by atoms with Crippen molar-refractivity contribution in [2.45, 2.75) is 38.6 Å². The fourth-order valence-corrected chi connectivity index (χ4v) is 1.65. The van der Waals surface area contributed by atoms with Crippen LogP contribution in [-0.2, 0) is 19.1 Å². The summed E-state index contributed by atoms with van der Waals surface area (Å²) in [5.74, 6) is -0.967. The summed E-state index contributed by atoms with van der Waals surface area (Å²) < 4.78 is 9.47. The number of carbonyl (C=O) groups excluding carboxylic acids is 3. The molecule has 0 aromatic rings. The molecule has 0 spiro atoms. The molecule has 1 fully saturated rings. The van der Waals surface area contributed by atoms with Crippen molar-refractivity contribution in [3.63, 3.8) is 0 Å². The Hall–Kier alpha value is -1.59. The van der Waals surface area contributed by atoms with E-state index < -0.39 is 18.1 Å². The third-order valence-electron chi connectivity index (χ3n) is 2.61. The normalized spacial score (nSPS) is 19.3. The van der Waals surface area contributed by atoms with Crippen LogP contribution in [0, 0.1) is 0 Å². The third kappa shape index (κ3) is 3.18. The highest BCUT2D eigenvalue weighted by molar-refractivity contribution is 5.99. The van der Waals surface area contributed by atoms with Crippen molar-refractivity contribution in [3.05, 3.63) is 0 Å². The number of carbonyl (C=O) groups is 3. The second kappa shape index (κ2) is 6.22. The van der Waals surface area contributed by atoms with E-state index >= 15 is 0 Å². The van der Waals surface area contributed by atoms with Crippen LogP contribution in [-0.4, -0.2) is 42.6 Å². The molecule has 1 aliphatic rings. The number of imide groups is 1. The van der Waals surface area contributed by atoms with E-state index in [2.05, 4.69) is 4.74 Å². The maximum absolute atomic E-state index is 11.6. The van der Waals surface area contributed by atoms with Crippen LogP contribution >= 0.6 is 0 Å². The molecule has 96 valence electrons. The fourth-order valence-electron chi connectivity index (χ4n) is 1.65. The zero-order chi connectivity index (χ0) is 12.8. The van der Waals surface area contributed by atoms with Crippen molar-refractivity contribution in [2.75, 3.05) is 13.7 Å². The molecular formula is C11H17NO5. The van der Waals surface area contributed by atoms with E-state index in [1.165, 1.54) is 7.11 Å². The molecule has 1 rings (SSSR count). The Balaban J connectivity index is 2.61. The van der Waals surface area contributed by atoms with Gasteiger partial charge >= 0.3 is 12.1 Å². The Bertz CT molecular complexity index is 315. The van der Waals surface area contributed by atoms with E-state index in [-0.39, 0.29) is 18.9 Å². The molecule has 0 aliphatic carbocycles. The monoisotopic (exact) mass is 243 g/mol. The van der Waals surface area contributed by atoms with Gasteiger partial charge in [-0.3, -0.25) is 4.79 Å². The van der Waals surface area contributed by atoms with Crippen LogP contribution in [0.1, 0.15) is 32.6 Å². The maximum atomic E-state index is 11.6. The predicted octanol–water partition coefficient (Wildman–Crippen LogP) is 1.09. The summed E-state index contributed by atoms with van der Waals surface area (Å²) in [6.45, 7) is 2.22. The van der Waals surface area contributed by atoms with Gasteiger partial charge in [-0.05, 0) is 12.8 Å². The van der Waals surface area contributed by atoms with Crippen molar-refractivity contribution in [1.82, 2.24) is 4.90 Å². The van der Waals surface area contributed by atoms with E-state index in [1.54, 1.807) is 0 Å². The lowest BCUT2D eigenvalue weighted by Gasteiger charge is -2.20. The van der Waals surface area contributed by atoms with Gasteiger partial charge in [-0.25, -0.2) is 14.5 Å². The lowest BCUT2D eigenvalue weighted by molar-refractivity contribution is -0.148. The highest BCUT2D eigenvalue weighted by atomic mass is 16.6. The van der Waals surface area contributed by atoms with E-state index in [0.29, 0.717) is 6.42 Å². The number of unbranched alkanes of at least 4 members (excludes halogenated alkanes) is 1. The van der Waals surface area contributed by atoms with E-state index in [0.717, 1.165) is 17.7 Å². The summed E-state index contributed by atoms with van der Waals surface area (Å²) in [4.78, 5) is 35.4. The molecule has 0 unspecified atom stereocenters. The quantitative estimate of drug-likeness (QED) is 0.546. The minimum Gasteiger partial charge on any atom is -0.467 e. The van der Waals surface area contributed by atoms with Crippen molar-refractivity contribution in [1.29, 1.82) is 0 Å². The average Bonchev–Trinajstić information content (AvgIpc) is 2.70. The molecule has 0 radical (unpaired) electrons. The van der Waals surface area contributed by atoms with Gasteiger partial charge in [0, 0.05) is 6.42 Å². The summed E-state index contributed by atoms with van der Waals surface area (Å²) in [5.41, 5.74) is 0. The SMILES string of the molecule is CCCCOC(=O)N1C(=O)CC[C@H]1C(=O)OC. The van der Waals surface area contributed by atoms with Gasteiger partial charge in [-0.2, -0.15) is 0 Å². The van der Waals surface area contributed by atoms with E-state index in [1.807, 2.05) is 6.92 Å². The van der Waals surface area contributed by atoms with Crippen LogP contribution in [0.3, 0.4) is 0 Å². The standard InChI is InChI=1S/C11H17NO5/c1-3-4-7-17-11(15)12-8(10(14)16-2)5-6-9(12)13/h8H,3-7H2,1-2H3/t8-/m0/s1. The molecule has 1 aliphatic heterocycles. The first-order valence-electron chi connectivity index (χ1n) is 5.68. The van der Waals surface area contributed by atoms with Crippen molar-refractivity contribution < 1.29 is 23.9 Å². The van der Waals surface area contributed by atoms with Gasteiger partial charge in [0.25, 0.3) is 0 Å². The second-order valence-electron chi connectivity index (χ2n) is 3.81. The van der Waals surface area contributed by atoms with Crippen molar-refractivity contribution >= 4 is 18.0 Å². The Morgan fingerprint density at radius 3 is 2.76 bits per heavy atom. The summed E-state index contributed by atoms with van der Waals surface area (Å²) >= 11 is 0. The summed E-state index contributed by atoms with van der Waals surface area (Å²) in [6.07, 6.45) is 1.34. The van der Waals surface area contributed by atoms with Gasteiger partial charge in [0.2, 0.25) is 5.91 Å². The molecule has 0 aromatic heterocycles. The van der Waals surface area contributed by atoms with Crippen molar-refractivity contribution in [3.8, 4) is 0 Å². The lowest BCUT2D eigenvalue weighted by atomic mass is 10.2. The van der Waals surface area contributed by atoms with Crippen LogP contribution in [0.4, 0.5) is 4.79 Å². The first-order valence-corrected chi connectivity index (χ1v) is 5.68. The number of amides is 2. The van der Waals surface area contributed by atoms with Crippen LogP contribution in [0.2, 0.25) is 0 Å². The van der Waals surface area contributed by atoms with Gasteiger partial charge in [0.05, 0.1) is 13.7 Å². The molecule has 1 atom stereocenters. The fraction of sp³-hybridized carbons (Fsp3) is 0.727. The number of ether oxygens (including phenoxy) is 2. The minimum absolute atomic E-state index is 0.169. The van der Waals surface area contributed by atoms with Gasteiger partial charge in [-0.15, -0.1) is 0 Å². The van der Waals surface area contributed by atoms with Crippen LogP contribution < -0.4 is 0 Å². The molecule has 0 saturated carbocycles. The minimum atomic E-state index is -0.832.